The second kappa shape index (κ2) is 4.82. The number of azide groups is 1. The van der Waals surface area contributed by atoms with Crippen molar-refractivity contribution in [2.45, 2.75) is 70.4 Å². The summed E-state index contributed by atoms with van der Waals surface area (Å²) >= 11 is 0. The third-order valence-electron chi connectivity index (χ3n) is 6.29. The Bertz CT molecular complexity index is 525. The molecule has 0 aromatic rings. The van der Waals surface area contributed by atoms with E-state index in [2.05, 4.69) is 23.9 Å². The molecule has 4 aliphatic heterocycles. The Morgan fingerprint density at radius 2 is 1.95 bits per heavy atom. The Hall–Kier alpha value is -0.850. The molecule has 5 aliphatic rings. The number of hydrogen-bond donors (Lipinski definition) is 0. The van der Waals surface area contributed by atoms with Gasteiger partial charge >= 0.3 is 0 Å². The first-order valence-corrected chi connectivity index (χ1v) is 8.24. The largest absolute Gasteiger partial charge is 0.340 e. The van der Waals surface area contributed by atoms with Gasteiger partial charge in [-0.05, 0) is 49.5 Å². The first kappa shape index (κ1) is 14.7. The van der Waals surface area contributed by atoms with Gasteiger partial charge in [0.2, 0.25) is 5.79 Å². The number of fused-ring (bicyclic) bond motifs is 2. The highest BCUT2D eigenvalue weighted by atomic mass is 17.3. The van der Waals surface area contributed by atoms with Crippen molar-refractivity contribution in [2.24, 2.45) is 28.8 Å². The van der Waals surface area contributed by atoms with Gasteiger partial charge in [0.15, 0.2) is 11.9 Å². The molecule has 8 atom stereocenters. The normalized spacial score (nSPS) is 56.7. The van der Waals surface area contributed by atoms with Crippen LogP contribution in [0.3, 0.4) is 0 Å². The molecule has 0 amide bonds. The summed E-state index contributed by atoms with van der Waals surface area (Å²) in [5.41, 5.74) is 8.24. The quantitative estimate of drug-likeness (QED) is 0.321. The van der Waals surface area contributed by atoms with Crippen molar-refractivity contribution in [3.05, 3.63) is 10.4 Å². The van der Waals surface area contributed by atoms with E-state index >= 15 is 0 Å². The van der Waals surface area contributed by atoms with Crippen LogP contribution < -0.4 is 0 Å². The van der Waals surface area contributed by atoms with Crippen LogP contribution in [0.2, 0.25) is 0 Å². The molecular formula is C15H23N3O4. The lowest BCUT2D eigenvalue weighted by Crippen LogP contribution is -2.70. The van der Waals surface area contributed by atoms with Gasteiger partial charge in [-0.15, -0.1) is 0 Å². The van der Waals surface area contributed by atoms with E-state index in [1.807, 2.05) is 6.92 Å². The second-order valence-electron chi connectivity index (χ2n) is 7.50. The first-order chi connectivity index (χ1) is 10.5. The molecule has 1 spiro atoms. The van der Waals surface area contributed by atoms with Gasteiger partial charge in [-0.2, -0.15) is 0 Å². The molecule has 0 aromatic heterocycles. The Kier molecular flexibility index (Phi) is 3.23. The predicted molar refractivity (Wildman–Crippen MR) is 76.0 cm³/mol. The summed E-state index contributed by atoms with van der Waals surface area (Å²) in [7, 11) is 0. The number of ether oxygens (including phenoxy) is 2. The van der Waals surface area contributed by atoms with Crippen molar-refractivity contribution in [3.8, 4) is 0 Å². The highest BCUT2D eigenvalue weighted by molar-refractivity contribution is 5.09. The molecule has 1 aliphatic carbocycles. The number of nitrogens with zero attached hydrogens (tertiary/aromatic N) is 3. The van der Waals surface area contributed by atoms with Crippen LogP contribution in [0.15, 0.2) is 5.11 Å². The maximum absolute atomic E-state index is 8.82. The molecule has 122 valence electrons. The summed E-state index contributed by atoms with van der Waals surface area (Å²) in [6, 6.07) is 0. The van der Waals surface area contributed by atoms with Crippen LogP contribution in [-0.2, 0) is 19.2 Å². The van der Waals surface area contributed by atoms with E-state index in [4.69, 9.17) is 24.8 Å². The molecule has 22 heavy (non-hydrogen) atoms. The molecule has 7 nitrogen and oxygen atoms in total. The molecule has 0 unspecified atom stereocenters. The van der Waals surface area contributed by atoms with E-state index in [1.165, 1.54) is 0 Å². The molecule has 7 heteroatoms. The lowest BCUT2D eigenvalue weighted by Gasteiger charge is -2.60. The van der Waals surface area contributed by atoms with Crippen LogP contribution in [0.1, 0.15) is 46.5 Å². The lowest BCUT2D eigenvalue weighted by molar-refractivity contribution is -0.570. The van der Waals surface area contributed by atoms with E-state index in [9.17, 15) is 0 Å². The van der Waals surface area contributed by atoms with E-state index in [0.717, 1.165) is 25.7 Å². The van der Waals surface area contributed by atoms with Gasteiger partial charge in [0.1, 0.15) is 6.23 Å². The second-order valence-corrected chi connectivity index (χ2v) is 7.50. The molecule has 5 rings (SSSR count). The average Bonchev–Trinajstić information content (AvgIpc) is 2.71. The summed E-state index contributed by atoms with van der Waals surface area (Å²) in [5, 5.41) is 3.84. The van der Waals surface area contributed by atoms with Crippen LogP contribution >= 0.6 is 0 Å². The minimum atomic E-state index is -0.779. The fourth-order valence-corrected chi connectivity index (χ4v) is 5.07. The van der Waals surface area contributed by atoms with Gasteiger partial charge < -0.3 is 9.47 Å². The molecule has 1 saturated carbocycles. The molecule has 0 radical (unpaired) electrons. The molecule has 0 N–H and O–H groups in total. The van der Waals surface area contributed by atoms with E-state index in [-0.39, 0.29) is 11.8 Å². The van der Waals surface area contributed by atoms with Crippen LogP contribution in [0, 0.1) is 23.7 Å². The molecule has 4 heterocycles. The summed E-state index contributed by atoms with van der Waals surface area (Å²) in [4.78, 5) is 14.7. The lowest BCUT2D eigenvalue weighted by atomic mass is 9.58. The van der Waals surface area contributed by atoms with Gasteiger partial charge in [-0.1, -0.05) is 19.0 Å². The van der Waals surface area contributed by atoms with Crippen LogP contribution in [0.5, 0.6) is 0 Å². The van der Waals surface area contributed by atoms with Gasteiger partial charge in [0.05, 0.1) is 0 Å². The molecule has 4 saturated heterocycles. The van der Waals surface area contributed by atoms with Crippen molar-refractivity contribution in [2.75, 3.05) is 0 Å². The van der Waals surface area contributed by atoms with Gasteiger partial charge in [0, 0.05) is 17.3 Å². The Morgan fingerprint density at radius 3 is 2.73 bits per heavy atom. The Morgan fingerprint density at radius 1 is 1.14 bits per heavy atom. The topological polar surface area (TPSA) is 85.7 Å². The van der Waals surface area contributed by atoms with Crippen molar-refractivity contribution < 1.29 is 19.2 Å². The van der Waals surface area contributed by atoms with Crippen LogP contribution in [0.4, 0.5) is 0 Å². The zero-order chi connectivity index (χ0) is 15.5. The van der Waals surface area contributed by atoms with Crippen molar-refractivity contribution in [3.63, 3.8) is 0 Å². The molecule has 5 fully saturated rings. The third-order valence-corrected chi connectivity index (χ3v) is 6.29. The van der Waals surface area contributed by atoms with E-state index in [1.54, 1.807) is 0 Å². The van der Waals surface area contributed by atoms with Crippen LogP contribution in [0.25, 0.3) is 10.4 Å². The van der Waals surface area contributed by atoms with Gasteiger partial charge in [0.25, 0.3) is 0 Å². The first-order valence-electron chi connectivity index (χ1n) is 8.24. The third kappa shape index (κ3) is 1.80. The maximum Gasteiger partial charge on any atom is 0.201 e. The molecular weight excluding hydrogens is 286 g/mol. The maximum atomic E-state index is 8.82. The van der Waals surface area contributed by atoms with Crippen LogP contribution in [-0.4, -0.2) is 23.9 Å². The van der Waals surface area contributed by atoms with Crippen molar-refractivity contribution >= 4 is 0 Å². The number of hydrogen-bond acceptors (Lipinski definition) is 5. The van der Waals surface area contributed by atoms with Crippen molar-refractivity contribution in [1.29, 1.82) is 0 Å². The molecule has 2 bridgehead atoms. The summed E-state index contributed by atoms with van der Waals surface area (Å²) in [6.45, 7) is 6.24. The van der Waals surface area contributed by atoms with Gasteiger partial charge in [-0.3, -0.25) is 0 Å². The van der Waals surface area contributed by atoms with E-state index in [0.29, 0.717) is 11.8 Å². The predicted octanol–water partition coefficient (Wildman–Crippen LogP) is 3.50. The fourth-order valence-electron chi connectivity index (χ4n) is 5.07. The smallest absolute Gasteiger partial charge is 0.201 e. The highest BCUT2D eigenvalue weighted by Gasteiger charge is 2.69. The fraction of sp³-hybridized carbons (Fsp3) is 1.00. The van der Waals surface area contributed by atoms with E-state index < -0.39 is 23.9 Å². The molecule has 0 aromatic carbocycles. The van der Waals surface area contributed by atoms with Gasteiger partial charge in [-0.25, -0.2) is 9.78 Å². The average molecular weight is 309 g/mol. The summed E-state index contributed by atoms with van der Waals surface area (Å²) in [6.07, 6.45) is 2.92. The zero-order valence-corrected chi connectivity index (χ0v) is 13.3. The number of rotatable bonds is 1. The summed E-state index contributed by atoms with van der Waals surface area (Å²) < 4.78 is 12.2. The standard InChI is InChI=1S/C15H23N3O4/c1-8-4-5-11-9(2)12(17-18-16)19-13-15(11)10(8)6-7-14(3,20-13)21-22-15/h8-13H,4-7H2,1-3H3/t8-,9+,10+,11+,12+,13-,14-,15-/m1/s1. The SMILES string of the molecule is C[C@@H]1[C@@H](N=[N+]=[N-])O[C@@H]2O[C@@]3(C)CC[C@H]4[C@H](C)CC[C@@H]1[C@@]24OO3. The minimum absolute atomic E-state index is 0.0804. The summed E-state index contributed by atoms with van der Waals surface area (Å²) in [5.74, 6) is 0.398. The zero-order valence-electron chi connectivity index (χ0n) is 13.3. The minimum Gasteiger partial charge on any atom is -0.340 e. The monoisotopic (exact) mass is 309 g/mol. The Balaban J connectivity index is 1.80. The van der Waals surface area contributed by atoms with Crippen molar-refractivity contribution in [1.82, 2.24) is 0 Å². The Labute approximate surface area is 129 Å². The highest BCUT2D eigenvalue weighted by Crippen LogP contribution is 2.60.